The number of nitrogens with zero attached hydrogens (tertiary/aromatic N) is 3. The van der Waals surface area contributed by atoms with Crippen LogP contribution in [0, 0.1) is 13.8 Å². The number of amides is 1. The summed E-state index contributed by atoms with van der Waals surface area (Å²) < 4.78 is 2.02. The third-order valence-corrected chi connectivity index (χ3v) is 4.93. The number of carbonyl (C=O) groups excluding carboxylic acids is 1. The average Bonchev–Trinajstić information content (AvgIpc) is 2.92. The Bertz CT molecular complexity index is 692. The zero-order valence-electron chi connectivity index (χ0n) is 12.7. The van der Waals surface area contributed by atoms with Gasteiger partial charge in [0.15, 0.2) is 5.16 Å². The van der Waals surface area contributed by atoms with Gasteiger partial charge < -0.3 is 10.0 Å². The van der Waals surface area contributed by atoms with E-state index < -0.39 is 0 Å². The molecule has 1 aromatic carbocycles. The standard InChI is InChI=1S/C16H19N3O2S/c1-11-4-3-5-14(12(11)2)19-7-6-17-16(19)22-10-15(21)18-8-13(20)9-18/h3-7,13,20H,8-10H2,1-2H3. The van der Waals surface area contributed by atoms with Crippen LogP contribution in [0.1, 0.15) is 11.1 Å². The number of carbonyl (C=O) groups is 1. The lowest BCUT2D eigenvalue weighted by Gasteiger charge is -2.35. The van der Waals surface area contributed by atoms with E-state index in [4.69, 9.17) is 0 Å². The van der Waals surface area contributed by atoms with Crippen LogP contribution in [-0.4, -0.2) is 50.4 Å². The molecule has 1 aromatic heterocycles. The lowest BCUT2D eigenvalue weighted by atomic mass is 10.1. The summed E-state index contributed by atoms with van der Waals surface area (Å²) in [6, 6.07) is 6.17. The Morgan fingerprint density at radius 2 is 2.18 bits per heavy atom. The van der Waals surface area contributed by atoms with E-state index >= 15 is 0 Å². The van der Waals surface area contributed by atoms with E-state index in [1.54, 1.807) is 11.1 Å². The van der Waals surface area contributed by atoms with Gasteiger partial charge in [0.2, 0.25) is 5.91 Å². The van der Waals surface area contributed by atoms with Crippen molar-refractivity contribution in [3.05, 3.63) is 41.7 Å². The molecule has 1 aliphatic heterocycles. The van der Waals surface area contributed by atoms with Crippen molar-refractivity contribution >= 4 is 17.7 Å². The molecule has 0 saturated carbocycles. The van der Waals surface area contributed by atoms with Gasteiger partial charge in [-0.3, -0.25) is 9.36 Å². The van der Waals surface area contributed by atoms with Crippen LogP contribution in [0.15, 0.2) is 35.7 Å². The molecule has 0 unspecified atom stereocenters. The number of rotatable bonds is 4. The molecule has 0 aliphatic carbocycles. The van der Waals surface area contributed by atoms with Crippen LogP contribution in [-0.2, 0) is 4.79 Å². The van der Waals surface area contributed by atoms with Crippen molar-refractivity contribution in [3.8, 4) is 5.69 Å². The van der Waals surface area contributed by atoms with E-state index in [-0.39, 0.29) is 12.0 Å². The molecule has 1 aliphatic rings. The van der Waals surface area contributed by atoms with Gasteiger partial charge in [0.25, 0.3) is 0 Å². The van der Waals surface area contributed by atoms with E-state index in [2.05, 4.69) is 31.0 Å². The van der Waals surface area contributed by atoms with Crippen molar-refractivity contribution in [1.29, 1.82) is 0 Å². The summed E-state index contributed by atoms with van der Waals surface area (Å²) in [6.07, 6.45) is 3.31. The number of aliphatic hydroxyl groups excluding tert-OH is 1. The molecule has 2 heterocycles. The number of aromatic nitrogens is 2. The maximum absolute atomic E-state index is 12.0. The summed E-state index contributed by atoms with van der Waals surface area (Å²) in [6.45, 7) is 5.07. The highest BCUT2D eigenvalue weighted by Crippen LogP contribution is 2.24. The molecular formula is C16H19N3O2S. The second kappa shape index (κ2) is 6.14. The van der Waals surface area contributed by atoms with Gasteiger partial charge in [-0.15, -0.1) is 0 Å². The Labute approximate surface area is 134 Å². The Morgan fingerprint density at radius 1 is 1.41 bits per heavy atom. The molecule has 3 rings (SSSR count). The fraction of sp³-hybridized carbons (Fsp3) is 0.375. The number of thioether (sulfide) groups is 1. The largest absolute Gasteiger partial charge is 0.389 e. The normalized spacial score (nSPS) is 15.0. The molecular weight excluding hydrogens is 298 g/mol. The van der Waals surface area contributed by atoms with Crippen LogP contribution in [0.3, 0.4) is 0 Å². The highest BCUT2D eigenvalue weighted by Gasteiger charge is 2.28. The number of likely N-dealkylation sites (tertiary alicyclic amines) is 1. The highest BCUT2D eigenvalue weighted by atomic mass is 32.2. The summed E-state index contributed by atoms with van der Waals surface area (Å²) >= 11 is 1.43. The second-order valence-electron chi connectivity index (χ2n) is 5.54. The van der Waals surface area contributed by atoms with Crippen molar-refractivity contribution in [1.82, 2.24) is 14.5 Å². The number of benzene rings is 1. The summed E-state index contributed by atoms with van der Waals surface area (Å²) in [7, 11) is 0. The first-order valence-corrected chi connectivity index (χ1v) is 8.23. The summed E-state index contributed by atoms with van der Waals surface area (Å²) in [5, 5.41) is 10.1. The van der Waals surface area contributed by atoms with Crippen LogP contribution in [0.5, 0.6) is 0 Å². The van der Waals surface area contributed by atoms with Gasteiger partial charge >= 0.3 is 0 Å². The number of hydrogen-bond acceptors (Lipinski definition) is 4. The van der Waals surface area contributed by atoms with Crippen molar-refractivity contribution in [2.24, 2.45) is 0 Å². The minimum absolute atomic E-state index is 0.0471. The Hall–Kier alpha value is -1.79. The van der Waals surface area contributed by atoms with Crippen LogP contribution in [0.2, 0.25) is 0 Å². The molecule has 0 atom stereocenters. The van der Waals surface area contributed by atoms with E-state index in [0.717, 1.165) is 10.8 Å². The van der Waals surface area contributed by atoms with Crippen molar-refractivity contribution in [2.45, 2.75) is 25.1 Å². The first kappa shape index (κ1) is 15.1. The van der Waals surface area contributed by atoms with Gasteiger partial charge in [0.1, 0.15) is 0 Å². The smallest absolute Gasteiger partial charge is 0.233 e. The predicted octanol–water partition coefficient (Wildman–Crippen LogP) is 1.78. The van der Waals surface area contributed by atoms with Gasteiger partial charge in [-0.05, 0) is 31.0 Å². The molecule has 116 valence electrons. The fourth-order valence-corrected chi connectivity index (χ4v) is 3.32. The summed E-state index contributed by atoms with van der Waals surface area (Å²) in [4.78, 5) is 18.0. The second-order valence-corrected chi connectivity index (χ2v) is 6.48. The zero-order valence-corrected chi connectivity index (χ0v) is 13.5. The molecule has 5 nitrogen and oxygen atoms in total. The van der Waals surface area contributed by atoms with Crippen LogP contribution >= 0.6 is 11.8 Å². The zero-order chi connectivity index (χ0) is 15.7. The summed E-state index contributed by atoms with van der Waals surface area (Å²) in [5.41, 5.74) is 3.53. The van der Waals surface area contributed by atoms with E-state index in [0.29, 0.717) is 18.8 Å². The molecule has 1 saturated heterocycles. The van der Waals surface area contributed by atoms with Gasteiger partial charge in [-0.25, -0.2) is 4.98 Å². The topological polar surface area (TPSA) is 58.4 Å². The Kier molecular flexibility index (Phi) is 4.22. The first-order chi connectivity index (χ1) is 10.6. The third-order valence-electron chi connectivity index (χ3n) is 3.98. The maximum Gasteiger partial charge on any atom is 0.233 e. The van der Waals surface area contributed by atoms with Crippen molar-refractivity contribution in [3.63, 3.8) is 0 Å². The van der Waals surface area contributed by atoms with Gasteiger partial charge in [0, 0.05) is 25.5 Å². The molecule has 6 heteroatoms. The van der Waals surface area contributed by atoms with Gasteiger partial charge in [0.05, 0.1) is 17.5 Å². The molecule has 22 heavy (non-hydrogen) atoms. The van der Waals surface area contributed by atoms with Gasteiger partial charge in [-0.1, -0.05) is 23.9 Å². The maximum atomic E-state index is 12.0. The molecule has 0 radical (unpaired) electrons. The third kappa shape index (κ3) is 2.89. The van der Waals surface area contributed by atoms with E-state index in [9.17, 15) is 9.90 Å². The molecule has 1 N–H and O–H groups in total. The number of aryl methyl sites for hydroxylation is 1. The molecule has 1 amide bonds. The summed E-state index contributed by atoms with van der Waals surface area (Å²) in [5.74, 6) is 0.389. The van der Waals surface area contributed by atoms with Crippen molar-refractivity contribution < 1.29 is 9.90 Å². The monoisotopic (exact) mass is 317 g/mol. The average molecular weight is 317 g/mol. The molecule has 0 spiro atoms. The first-order valence-electron chi connectivity index (χ1n) is 7.25. The van der Waals surface area contributed by atoms with Gasteiger partial charge in [-0.2, -0.15) is 0 Å². The van der Waals surface area contributed by atoms with Crippen LogP contribution in [0.4, 0.5) is 0 Å². The lowest BCUT2D eigenvalue weighted by molar-refractivity contribution is -0.138. The molecule has 0 bridgehead atoms. The Balaban J connectivity index is 1.72. The molecule has 2 aromatic rings. The highest BCUT2D eigenvalue weighted by molar-refractivity contribution is 7.99. The minimum atomic E-state index is -0.356. The predicted molar refractivity (Wildman–Crippen MR) is 86.3 cm³/mol. The number of aliphatic hydroxyl groups is 1. The number of imidazole rings is 1. The van der Waals surface area contributed by atoms with Crippen LogP contribution in [0.25, 0.3) is 5.69 Å². The fourth-order valence-electron chi connectivity index (χ4n) is 2.45. The van der Waals surface area contributed by atoms with Crippen LogP contribution < -0.4 is 0 Å². The quantitative estimate of drug-likeness (QED) is 0.874. The number of β-amino-alcohol motifs (C(OH)–C–C–N with tert-alkyl or cyclic N) is 1. The van der Waals surface area contributed by atoms with Crippen molar-refractivity contribution in [2.75, 3.05) is 18.8 Å². The van der Waals surface area contributed by atoms with E-state index in [1.165, 1.54) is 22.9 Å². The minimum Gasteiger partial charge on any atom is -0.389 e. The number of hydrogen-bond donors (Lipinski definition) is 1. The lowest BCUT2D eigenvalue weighted by Crippen LogP contribution is -2.54. The van der Waals surface area contributed by atoms with E-state index in [1.807, 2.05) is 16.8 Å². The molecule has 1 fully saturated rings. The SMILES string of the molecule is Cc1cccc(-n2ccnc2SCC(=O)N2CC(O)C2)c1C. The Morgan fingerprint density at radius 3 is 2.91 bits per heavy atom.